The van der Waals surface area contributed by atoms with Crippen LogP contribution in [0.15, 0.2) is 30.5 Å². The first-order valence-corrected chi connectivity index (χ1v) is 4.92. The van der Waals surface area contributed by atoms with E-state index in [0.29, 0.717) is 5.69 Å². The number of aryl methyl sites for hydroxylation is 2. The van der Waals surface area contributed by atoms with Crippen molar-refractivity contribution in [3.8, 4) is 0 Å². The van der Waals surface area contributed by atoms with Crippen LogP contribution in [0.1, 0.15) is 11.1 Å². The van der Waals surface area contributed by atoms with Crippen LogP contribution in [-0.4, -0.2) is 11.9 Å². The number of urea groups is 1. The molecule has 0 saturated carbocycles. The van der Waals surface area contributed by atoms with Crippen LogP contribution in [0.25, 0.3) is 0 Å². The minimum Gasteiger partial charge on any atom is -0.303 e. The number of nitrogens with zero attached hydrogens (tertiary/aromatic N) is 1. The fourth-order valence-electron chi connectivity index (χ4n) is 1.56. The zero-order valence-corrected chi connectivity index (χ0v) is 9.20. The van der Waals surface area contributed by atoms with Crippen LogP contribution in [0.3, 0.4) is 0 Å². The van der Waals surface area contributed by atoms with E-state index in [4.69, 9.17) is 0 Å². The fraction of sp³-hybridized carbons (Fsp3) is 0.167. The molecule has 1 aliphatic rings. The lowest BCUT2D eigenvalue weighted by molar-refractivity contribution is -0.113. The standard InChI is InChI=1S/C12H12N2O2/c1-7-4-5-10(6-8(7)2)14-11(15)9(3)13-12(14)16/h4-6H,3H2,1-2H3,(H,13,16). The highest BCUT2D eigenvalue weighted by atomic mass is 16.2. The minimum atomic E-state index is -0.446. The van der Waals surface area contributed by atoms with Gasteiger partial charge in [0.1, 0.15) is 5.70 Å². The summed E-state index contributed by atoms with van der Waals surface area (Å²) in [5.41, 5.74) is 2.85. The maximum atomic E-state index is 11.7. The van der Waals surface area contributed by atoms with E-state index in [0.717, 1.165) is 16.0 Å². The molecule has 82 valence electrons. The van der Waals surface area contributed by atoms with E-state index >= 15 is 0 Å². The quantitative estimate of drug-likeness (QED) is 0.575. The monoisotopic (exact) mass is 216 g/mol. The van der Waals surface area contributed by atoms with Gasteiger partial charge in [0.15, 0.2) is 0 Å². The number of hydrogen-bond donors (Lipinski definition) is 1. The summed E-state index contributed by atoms with van der Waals surface area (Å²) < 4.78 is 0. The van der Waals surface area contributed by atoms with Crippen LogP contribution < -0.4 is 10.2 Å². The lowest BCUT2D eigenvalue weighted by Crippen LogP contribution is -2.30. The third-order valence-corrected chi connectivity index (χ3v) is 2.67. The summed E-state index contributed by atoms with van der Waals surface area (Å²) >= 11 is 0. The predicted octanol–water partition coefficient (Wildman–Crippen LogP) is 1.87. The van der Waals surface area contributed by atoms with Gasteiger partial charge in [0.25, 0.3) is 5.91 Å². The van der Waals surface area contributed by atoms with Gasteiger partial charge in [-0.25, -0.2) is 9.69 Å². The largest absolute Gasteiger partial charge is 0.333 e. The SMILES string of the molecule is C=C1NC(=O)N(c2ccc(C)c(C)c2)C1=O. The van der Waals surface area contributed by atoms with Gasteiger partial charge in [-0.1, -0.05) is 12.6 Å². The predicted molar refractivity (Wildman–Crippen MR) is 61.1 cm³/mol. The van der Waals surface area contributed by atoms with Gasteiger partial charge in [-0.2, -0.15) is 0 Å². The molecule has 0 unspecified atom stereocenters. The number of carbonyl (C=O) groups is 2. The van der Waals surface area contributed by atoms with Gasteiger partial charge in [0.2, 0.25) is 0 Å². The molecule has 16 heavy (non-hydrogen) atoms. The van der Waals surface area contributed by atoms with E-state index < -0.39 is 11.9 Å². The zero-order valence-electron chi connectivity index (χ0n) is 9.20. The molecule has 1 heterocycles. The highest BCUT2D eigenvalue weighted by Crippen LogP contribution is 2.22. The number of nitrogens with one attached hydrogen (secondary N) is 1. The first-order chi connectivity index (χ1) is 7.50. The summed E-state index contributed by atoms with van der Waals surface area (Å²) in [5, 5.41) is 2.39. The van der Waals surface area contributed by atoms with Crippen molar-refractivity contribution in [2.75, 3.05) is 4.90 Å². The molecule has 1 saturated heterocycles. The van der Waals surface area contributed by atoms with Crippen LogP contribution in [0, 0.1) is 13.8 Å². The smallest absolute Gasteiger partial charge is 0.303 e. The van der Waals surface area contributed by atoms with Gasteiger partial charge in [-0.05, 0) is 37.1 Å². The lowest BCUT2D eigenvalue weighted by atomic mass is 10.1. The van der Waals surface area contributed by atoms with E-state index in [1.807, 2.05) is 26.0 Å². The molecule has 0 radical (unpaired) electrons. The van der Waals surface area contributed by atoms with Crippen molar-refractivity contribution in [3.05, 3.63) is 41.6 Å². The molecule has 3 amide bonds. The number of hydrogen-bond acceptors (Lipinski definition) is 2. The second kappa shape index (κ2) is 3.48. The molecule has 0 aromatic heterocycles. The van der Waals surface area contributed by atoms with Crippen molar-refractivity contribution < 1.29 is 9.59 Å². The topological polar surface area (TPSA) is 49.4 Å². The highest BCUT2D eigenvalue weighted by Gasteiger charge is 2.33. The van der Waals surface area contributed by atoms with E-state index in [1.165, 1.54) is 0 Å². The molecule has 4 heteroatoms. The Kier molecular flexibility index (Phi) is 2.27. The van der Waals surface area contributed by atoms with E-state index in [-0.39, 0.29) is 5.70 Å². The van der Waals surface area contributed by atoms with Gasteiger partial charge < -0.3 is 5.32 Å². The second-order valence-electron chi connectivity index (χ2n) is 3.82. The number of benzene rings is 1. The second-order valence-corrected chi connectivity index (χ2v) is 3.82. The van der Waals surface area contributed by atoms with Gasteiger partial charge in [0.05, 0.1) is 5.69 Å². The minimum absolute atomic E-state index is 0.114. The van der Waals surface area contributed by atoms with Crippen LogP contribution in [0.4, 0.5) is 10.5 Å². The average Bonchev–Trinajstić information content (AvgIpc) is 2.47. The molecule has 1 fully saturated rings. The van der Waals surface area contributed by atoms with Crippen LogP contribution >= 0.6 is 0 Å². The molecular weight excluding hydrogens is 204 g/mol. The van der Waals surface area contributed by atoms with Crippen molar-refractivity contribution in [1.82, 2.24) is 5.32 Å². The third-order valence-electron chi connectivity index (χ3n) is 2.67. The summed E-state index contributed by atoms with van der Waals surface area (Å²) in [7, 11) is 0. The number of imide groups is 1. The Morgan fingerprint density at radius 2 is 1.88 bits per heavy atom. The van der Waals surface area contributed by atoms with Crippen molar-refractivity contribution in [1.29, 1.82) is 0 Å². The van der Waals surface area contributed by atoms with E-state index in [2.05, 4.69) is 11.9 Å². The molecule has 0 spiro atoms. The van der Waals surface area contributed by atoms with Crippen LogP contribution in [0.2, 0.25) is 0 Å². The summed E-state index contributed by atoms with van der Waals surface area (Å²) in [6.45, 7) is 7.39. The molecule has 1 N–H and O–H groups in total. The lowest BCUT2D eigenvalue weighted by Gasteiger charge is -2.13. The Bertz CT molecular complexity index is 506. The summed E-state index contributed by atoms with van der Waals surface area (Å²) in [6, 6.07) is 4.99. The van der Waals surface area contributed by atoms with Crippen LogP contribution in [-0.2, 0) is 4.79 Å². The van der Waals surface area contributed by atoms with Crippen LogP contribution in [0.5, 0.6) is 0 Å². The Balaban J connectivity index is 2.45. The number of anilines is 1. The first-order valence-electron chi connectivity index (χ1n) is 4.92. The molecule has 4 nitrogen and oxygen atoms in total. The van der Waals surface area contributed by atoms with Crippen molar-refractivity contribution in [2.24, 2.45) is 0 Å². The number of carbonyl (C=O) groups excluding carboxylic acids is 2. The van der Waals surface area contributed by atoms with E-state index in [9.17, 15) is 9.59 Å². The first kappa shape index (κ1) is 10.4. The number of rotatable bonds is 1. The summed E-state index contributed by atoms with van der Waals surface area (Å²) in [5.74, 6) is -0.395. The summed E-state index contributed by atoms with van der Waals surface area (Å²) in [6.07, 6.45) is 0. The molecule has 0 aliphatic carbocycles. The van der Waals surface area contributed by atoms with Crippen molar-refractivity contribution in [3.63, 3.8) is 0 Å². The van der Waals surface area contributed by atoms with Gasteiger partial charge in [0, 0.05) is 0 Å². The molecule has 0 atom stereocenters. The van der Waals surface area contributed by atoms with Gasteiger partial charge in [-0.15, -0.1) is 0 Å². The Hall–Kier alpha value is -2.10. The normalized spacial score (nSPS) is 15.6. The molecule has 2 rings (SSSR count). The Morgan fingerprint density at radius 3 is 2.38 bits per heavy atom. The molecule has 0 bridgehead atoms. The Morgan fingerprint density at radius 1 is 1.19 bits per heavy atom. The van der Waals surface area contributed by atoms with Crippen molar-refractivity contribution >= 4 is 17.6 Å². The number of amides is 3. The maximum Gasteiger partial charge on any atom is 0.333 e. The average molecular weight is 216 g/mol. The van der Waals surface area contributed by atoms with Gasteiger partial charge in [-0.3, -0.25) is 4.79 Å². The third kappa shape index (κ3) is 1.48. The molecular formula is C12H12N2O2. The fourth-order valence-corrected chi connectivity index (χ4v) is 1.56. The van der Waals surface area contributed by atoms with Crippen molar-refractivity contribution in [2.45, 2.75) is 13.8 Å². The maximum absolute atomic E-state index is 11.7. The van der Waals surface area contributed by atoms with Gasteiger partial charge >= 0.3 is 6.03 Å². The molecule has 1 aliphatic heterocycles. The highest BCUT2D eigenvalue weighted by molar-refractivity contribution is 6.26. The van der Waals surface area contributed by atoms with E-state index in [1.54, 1.807) is 6.07 Å². The molecule has 1 aromatic rings. The zero-order chi connectivity index (χ0) is 11.9. The summed E-state index contributed by atoms with van der Waals surface area (Å²) in [4.78, 5) is 24.3. The Labute approximate surface area is 93.6 Å². The molecule has 1 aromatic carbocycles.